The van der Waals surface area contributed by atoms with Gasteiger partial charge >= 0.3 is 6.09 Å². The highest BCUT2D eigenvalue weighted by Crippen LogP contribution is 2.27. The van der Waals surface area contributed by atoms with Crippen LogP contribution in [0.4, 0.5) is 4.79 Å². The number of alkyl carbamates (subject to hydrolysis) is 1. The maximum Gasteiger partial charge on any atom is 0.408 e. The zero-order chi connectivity index (χ0) is 30.3. The van der Waals surface area contributed by atoms with E-state index in [1.807, 2.05) is 48.7 Å². The van der Waals surface area contributed by atoms with Crippen molar-refractivity contribution < 1.29 is 19.1 Å². The molecule has 2 rings (SSSR count). The van der Waals surface area contributed by atoms with E-state index in [1.165, 1.54) is 0 Å². The Morgan fingerprint density at radius 2 is 1.71 bits per heavy atom. The molecule has 3 amide bonds. The van der Waals surface area contributed by atoms with Crippen molar-refractivity contribution in [3.63, 3.8) is 0 Å². The number of rotatable bonds is 15. The monoisotopic (exact) mass is 579 g/mol. The largest absolute Gasteiger partial charge is 0.444 e. The maximum absolute atomic E-state index is 14.3. The van der Waals surface area contributed by atoms with Gasteiger partial charge in [0.05, 0.1) is 0 Å². The summed E-state index contributed by atoms with van der Waals surface area (Å²) in [5.41, 5.74) is 1.34. The molecule has 0 heterocycles. The second-order valence-electron chi connectivity index (χ2n) is 10.9. The number of amides is 3. The summed E-state index contributed by atoms with van der Waals surface area (Å²) in [6.07, 6.45) is 11.2. The number of nitrogens with one attached hydrogen (secondary N) is 2. The van der Waals surface area contributed by atoms with Gasteiger partial charge in [0.1, 0.15) is 17.7 Å². The lowest BCUT2D eigenvalue weighted by Crippen LogP contribution is -2.53. The van der Waals surface area contributed by atoms with Crippen LogP contribution in [-0.4, -0.2) is 53.0 Å². The van der Waals surface area contributed by atoms with Crippen LogP contribution in [0.2, 0.25) is 0 Å². The van der Waals surface area contributed by atoms with Crippen LogP contribution in [0, 0.1) is 12.3 Å². The van der Waals surface area contributed by atoms with E-state index in [0.29, 0.717) is 42.8 Å². The first kappa shape index (κ1) is 33.8. The Morgan fingerprint density at radius 3 is 2.34 bits per heavy atom. The molecule has 2 aromatic rings. The van der Waals surface area contributed by atoms with Crippen LogP contribution >= 0.6 is 11.8 Å². The van der Waals surface area contributed by atoms with Crippen LogP contribution in [-0.2, 0) is 20.9 Å². The Balaban J connectivity index is 2.52. The summed E-state index contributed by atoms with van der Waals surface area (Å²) >= 11 is 1.58. The Bertz CT molecular complexity index is 1160. The molecular weight excluding hydrogens is 534 g/mol. The molecule has 41 heavy (non-hydrogen) atoms. The van der Waals surface area contributed by atoms with Crippen molar-refractivity contribution >= 4 is 29.7 Å². The number of hydrogen-bond donors (Lipinski definition) is 2. The highest BCUT2D eigenvalue weighted by Gasteiger charge is 2.36. The molecule has 2 aromatic carbocycles. The zero-order valence-corrected chi connectivity index (χ0v) is 25.9. The van der Waals surface area contributed by atoms with Gasteiger partial charge in [-0.3, -0.25) is 9.59 Å². The lowest BCUT2D eigenvalue weighted by Gasteiger charge is -2.35. The number of terminal acetylenes is 1. The van der Waals surface area contributed by atoms with Gasteiger partial charge in [0.15, 0.2) is 0 Å². The molecule has 0 fully saturated rings. The fraction of sp³-hybridized carbons (Fsp3) is 0.485. The first-order chi connectivity index (χ1) is 19.6. The number of hydrogen-bond acceptors (Lipinski definition) is 5. The molecule has 0 aliphatic carbocycles. The molecule has 8 heteroatoms. The summed E-state index contributed by atoms with van der Waals surface area (Å²) in [5, 5.41) is 5.81. The van der Waals surface area contributed by atoms with Gasteiger partial charge in [-0.2, -0.15) is 11.8 Å². The summed E-state index contributed by atoms with van der Waals surface area (Å²) in [6, 6.07) is 15.0. The van der Waals surface area contributed by atoms with Gasteiger partial charge in [-0.15, -0.1) is 6.42 Å². The van der Waals surface area contributed by atoms with Crippen LogP contribution in [0.5, 0.6) is 0 Å². The van der Waals surface area contributed by atoms with Gasteiger partial charge in [-0.1, -0.05) is 80.6 Å². The summed E-state index contributed by atoms with van der Waals surface area (Å²) in [4.78, 5) is 42.7. The Hall–Kier alpha value is -3.44. The predicted molar refractivity (Wildman–Crippen MR) is 167 cm³/mol. The van der Waals surface area contributed by atoms with E-state index in [2.05, 4.69) is 23.5 Å². The number of carbonyl (C=O) groups excluding carboxylic acids is 3. The summed E-state index contributed by atoms with van der Waals surface area (Å²) in [5.74, 6) is 2.65. The minimum atomic E-state index is -0.975. The molecule has 2 N–H and O–H groups in total. The normalized spacial score (nSPS) is 12.5. The molecule has 0 radical (unpaired) electrons. The summed E-state index contributed by atoms with van der Waals surface area (Å²) in [7, 11) is 0. The topological polar surface area (TPSA) is 87.7 Å². The molecule has 0 spiro atoms. The van der Waals surface area contributed by atoms with E-state index in [9.17, 15) is 14.4 Å². The molecule has 0 aliphatic heterocycles. The van der Waals surface area contributed by atoms with Crippen LogP contribution in [0.15, 0.2) is 54.6 Å². The molecule has 2 atom stereocenters. The molecule has 0 aromatic heterocycles. The number of benzene rings is 2. The number of carbonyl (C=O) groups is 3. The molecule has 0 bridgehead atoms. The third kappa shape index (κ3) is 11.5. The minimum absolute atomic E-state index is 0.304. The van der Waals surface area contributed by atoms with Gasteiger partial charge in [-0.05, 0) is 62.8 Å². The van der Waals surface area contributed by atoms with Crippen molar-refractivity contribution in [2.75, 3.05) is 18.6 Å². The van der Waals surface area contributed by atoms with Crippen molar-refractivity contribution in [1.82, 2.24) is 15.5 Å². The lowest BCUT2D eigenvalue weighted by atomic mass is 9.96. The Morgan fingerprint density at radius 1 is 1.02 bits per heavy atom. The van der Waals surface area contributed by atoms with Gasteiger partial charge in [0.2, 0.25) is 11.8 Å². The fourth-order valence-corrected chi connectivity index (χ4v) is 4.89. The first-order valence-corrected chi connectivity index (χ1v) is 15.7. The maximum atomic E-state index is 14.3. The van der Waals surface area contributed by atoms with Crippen molar-refractivity contribution in [2.24, 2.45) is 0 Å². The molecule has 222 valence electrons. The fourth-order valence-electron chi connectivity index (χ4n) is 4.42. The number of unbranched alkanes of at least 4 members (excludes halogenated alkanes) is 3. The van der Waals surface area contributed by atoms with Crippen LogP contribution < -0.4 is 10.6 Å². The van der Waals surface area contributed by atoms with E-state index in [1.54, 1.807) is 49.6 Å². The number of ether oxygens (including phenoxy) is 1. The highest BCUT2D eigenvalue weighted by molar-refractivity contribution is 7.98. The second-order valence-corrected chi connectivity index (χ2v) is 11.9. The number of thioether (sulfide) groups is 1. The van der Waals surface area contributed by atoms with Gasteiger partial charge < -0.3 is 20.3 Å². The van der Waals surface area contributed by atoms with Crippen LogP contribution in [0.1, 0.15) is 82.5 Å². The molecular formula is C33H45N3O4S. The molecule has 0 aliphatic rings. The number of nitrogens with zero attached hydrogens (tertiary/aromatic N) is 1. The zero-order valence-electron chi connectivity index (χ0n) is 25.1. The van der Waals surface area contributed by atoms with Crippen molar-refractivity contribution in [3.05, 3.63) is 71.3 Å². The lowest BCUT2D eigenvalue weighted by molar-refractivity contribution is -0.142. The van der Waals surface area contributed by atoms with Crippen LogP contribution in [0.3, 0.4) is 0 Å². The van der Waals surface area contributed by atoms with Gasteiger partial charge in [0, 0.05) is 18.7 Å². The third-order valence-electron chi connectivity index (χ3n) is 6.42. The molecule has 2 unspecified atom stereocenters. The second kappa shape index (κ2) is 17.4. The van der Waals surface area contributed by atoms with Gasteiger partial charge in [0.25, 0.3) is 0 Å². The predicted octanol–water partition coefficient (Wildman–Crippen LogP) is 6.08. The van der Waals surface area contributed by atoms with Crippen molar-refractivity contribution in [1.29, 1.82) is 0 Å². The average Bonchev–Trinajstić information content (AvgIpc) is 2.95. The standard InChI is InChI=1S/C33H45N3O4S/c1-7-9-10-16-22-36(31(38)28(21-23-41-6)35-32(39)40-33(3,4)5)29(27-20-15-14-19-26(27)8-2)30(37)34-24-25-17-12-11-13-18-25/h2,11-15,17-20,28-29H,7,9-10,16,21-24H2,1,3-6H3,(H,34,37)(H,35,39). The Kier molecular flexibility index (Phi) is 14.3. The minimum Gasteiger partial charge on any atom is -0.444 e. The SMILES string of the molecule is C#Cc1ccccc1C(C(=O)NCc1ccccc1)N(CCCCCC)C(=O)C(CCSC)NC(=O)OC(C)(C)C. The average molecular weight is 580 g/mol. The molecule has 7 nitrogen and oxygen atoms in total. The summed E-state index contributed by atoms with van der Waals surface area (Å²) < 4.78 is 5.47. The summed E-state index contributed by atoms with van der Waals surface area (Å²) in [6.45, 7) is 8.08. The van der Waals surface area contributed by atoms with Crippen molar-refractivity contribution in [3.8, 4) is 12.3 Å². The van der Waals surface area contributed by atoms with E-state index in [4.69, 9.17) is 11.2 Å². The van der Waals surface area contributed by atoms with E-state index >= 15 is 0 Å². The third-order valence-corrected chi connectivity index (χ3v) is 7.06. The van der Waals surface area contributed by atoms with Crippen LogP contribution in [0.25, 0.3) is 0 Å². The van der Waals surface area contributed by atoms with E-state index < -0.39 is 23.8 Å². The smallest absolute Gasteiger partial charge is 0.408 e. The van der Waals surface area contributed by atoms with E-state index in [-0.39, 0.29) is 11.8 Å². The first-order valence-electron chi connectivity index (χ1n) is 14.3. The van der Waals surface area contributed by atoms with Crippen molar-refractivity contribution in [2.45, 2.75) is 84.0 Å². The Labute approximate surface area is 250 Å². The highest BCUT2D eigenvalue weighted by atomic mass is 32.2. The van der Waals surface area contributed by atoms with E-state index in [0.717, 1.165) is 24.8 Å². The van der Waals surface area contributed by atoms with Gasteiger partial charge in [-0.25, -0.2) is 4.79 Å². The quantitative estimate of drug-likeness (QED) is 0.197. The molecule has 0 saturated carbocycles. The molecule has 0 saturated heterocycles.